The molecule has 174 valence electrons. The number of ether oxygens (including phenoxy) is 2. The van der Waals surface area contributed by atoms with E-state index < -0.39 is 29.4 Å². The minimum absolute atomic E-state index is 0.240. The second-order valence-corrected chi connectivity index (χ2v) is 8.17. The van der Waals surface area contributed by atoms with Gasteiger partial charge in [-0.15, -0.1) is 0 Å². The first kappa shape index (κ1) is 25.2. The van der Waals surface area contributed by atoms with Crippen molar-refractivity contribution >= 4 is 17.6 Å². The average molecular weight is 451 g/mol. The Labute approximate surface area is 186 Å². The summed E-state index contributed by atoms with van der Waals surface area (Å²) in [6, 6.07) is 4.84. The average Bonchev–Trinajstić information content (AvgIpc) is 2.70. The van der Waals surface area contributed by atoms with Gasteiger partial charge >= 0.3 is 18.2 Å². The standard InChI is InChI=1S/C24H28F3NO4/c1-5-31-21(29)8-6-7-20(17-9-11-19(12-10-17)24(25,26)27)18-13-15-28(16-14-18)22(30)32-23(2,3)4/h6-13H,5,14-16H2,1-4H3/b8-6+,20-7+. The van der Waals surface area contributed by atoms with Gasteiger partial charge in [-0.3, -0.25) is 0 Å². The predicted octanol–water partition coefficient (Wildman–Crippen LogP) is 5.78. The van der Waals surface area contributed by atoms with Crippen molar-refractivity contribution in [2.24, 2.45) is 0 Å². The highest BCUT2D eigenvalue weighted by Gasteiger charge is 2.30. The number of benzene rings is 1. The van der Waals surface area contributed by atoms with Gasteiger partial charge in [0, 0.05) is 19.2 Å². The molecular formula is C24H28F3NO4. The minimum atomic E-state index is -4.43. The lowest BCUT2D eigenvalue weighted by atomic mass is 9.92. The van der Waals surface area contributed by atoms with Gasteiger partial charge in [0.25, 0.3) is 0 Å². The molecule has 1 aromatic carbocycles. The molecular weight excluding hydrogens is 423 g/mol. The Bertz CT molecular complexity index is 907. The number of esters is 1. The van der Waals surface area contributed by atoms with Crippen molar-refractivity contribution in [2.75, 3.05) is 19.7 Å². The summed E-state index contributed by atoms with van der Waals surface area (Å²) < 4.78 is 49.1. The lowest BCUT2D eigenvalue weighted by molar-refractivity contribution is -0.138. The number of alkyl halides is 3. The van der Waals surface area contributed by atoms with Crippen LogP contribution in [-0.4, -0.2) is 42.3 Å². The molecule has 32 heavy (non-hydrogen) atoms. The van der Waals surface area contributed by atoms with Crippen LogP contribution >= 0.6 is 0 Å². The fraction of sp³-hybridized carbons (Fsp3) is 0.417. The molecule has 1 amide bonds. The van der Waals surface area contributed by atoms with Crippen LogP contribution in [0.1, 0.15) is 45.2 Å². The highest BCUT2D eigenvalue weighted by molar-refractivity contribution is 5.85. The van der Waals surface area contributed by atoms with Gasteiger partial charge < -0.3 is 14.4 Å². The lowest BCUT2D eigenvalue weighted by Gasteiger charge is -2.30. The van der Waals surface area contributed by atoms with Crippen molar-refractivity contribution in [1.29, 1.82) is 0 Å². The van der Waals surface area contributed by atoms with Crippen molar-refractivity contribution in [3.63, 3.8) is 0 Å². The van der Waals surface area contributed by atoms with Gasteiger partial charge in [-0.25, -0.2) is 9.59 Å². The molecule has 0 aromatic heterocycles. The van der Waals surface area contributed by atoms with Crippen LogP contribution < -0.4 is 0 Å². The summed E-state index contributed by atoms with van der Waals surface area (Å²) in [5, 5.41) is 0. The zero-order valence-corrected chi connectivity index (χ0v) is 18.7. The summed E-state index contributed by atoms with van der Waals surface area (Å²) in [6.45, 7) is 8.01. The summed E-state index contributed by atoms with van der Waals surface area (Å²) >= 11 is 0. The maximum absolute atomic E-state index is 12.9. The fourth-order valence-corrected chi connectivity index (χ4v) is 3.05. The molecule has 0 unspecified atom stereocenters. The molecule has 1 aliphatic rings. The Morgan fingerprint density at radius 1 is 1.12 bits per heavy atom. The summed E-state index contributed by atoms with van der Waals surface area (Å²) in [6.07, 6.45) is 1.90. The number of nitrogens with zero attached hydrogens (tertiary/aromatic N) is 1. The van der Waals surface area contributed by atoms with E-state index in [-0.39, 0.29) is 6.61 Å². The molecule has 0 saturated carbocycles. The Hall–Kier alpha value is -3.03. The summed E-state index contributed by atoms with van der Waals surface area (Å²) in [4.78, 5) is 25.4. The van der Waals surface area contributed by atoms with Gasteiger partial charge in [-0.2, -0.15) is 13.2 Å². The maximum atomic E-state index is 12.9. The van der Waals surface area contributed by atoms with Crippen LogP contribution in [0.4, 0.5) is 18.0 Å². The van der Waals surface area contributed by atoms with E-state index in [0.29, 0.717) is 30.6 Å². The van der Waals surface area contributed by atoms with Crippen LogP contribution in [0.3, 0.4) is 0 Å². The first-order valence-corrected chi connectivity index (χ1v) is 10.3. The molecule has 0 bridgehead atoms. The van der Waals surface area contributed by atoms with E-state index in [1.54, 1.807) is 38.7 Å². The number of hydrogen-bond donors (Lipinski definition) is 0. The predicted molar refractivity (Wildman–Crippen MR) is 116 cm³/mol. The van der Waals surface area contributed by atoms with E-state index in [9.17, 15) is 22.8 Å². The Morgan fingerprint density at radius 3 is 2.28 bits per heavy atom. The Morgan fingerprint density at radius 2 is 1.78 bits per heavy atom. The zero-order chi connectivity index (χ0) is 23.9. The number of hydrogen-bond acceptors (Lipinski definition) is 4. The van der Waals surface area contributed by atoms with Crippen molar-refractivity contribution < 1.29 is 32.2 Å². The van der Waals surface area contributed by atoms with Crippen LogP contribution in [0.5, 0.6) is 0 Å². The van der Waals surface area contributed by atoms with Gasteiger partial charge in [0.2, 0.25) is 0 Å². The molecule has 2 rings (SSSR count). The molecule has 1 aromatic rings. The molecule has 0 saturated heterocycles. The molecule has 1 heterocycles. The monoisotopic (exact) mass is 451 g/mol. The number of rotatable bonds is 5. The minimum Gasteiger partial charge on any atom is -0.463 e. The van der Waals surface area contributed by atoms with Gasteiger partial charge in [-0.1, -0.05) is 30.4 Å². The third kappa shape index (κ3) is 7.59. The maximum Gasteiger partial charge on any atom is 0.416 e. The molecule has 0 N–H and O–H groups in total. The van der Waals surface area contributed by atoms with E-state index >= 15 is 0 Å². The van der Waals surface area contributed by atoms with Crippen molar-refractivity contribution in [1.82, 2.24) is 4.90 Å². The molecule has 0 fully saturated rings. The molecule has 0 aliphatic carbocycles. The van der Waals surface area contributed by atoms with Crippen molar-refractivity contribution in [3.05, 3.63) is 65.3 Å². The van der Waals surface area contributed by atoms with Crippen molar-refractivity contribution in [2.45, 2.75) is 45.9 Å². The molecule has 0 spiro atoms. The van der Waals surface area contributed by atoms with Gasteiger partial charge in [0.15, 0.2) is 0 Å². The van der Waals surface area contributed by atoms with Crippen LogP contribution in [0, 0.1) is 0 Å². The topological polar surface area (TPSA) is 55.8 Å². The van der Waals surface area contributed by atoms with Crippen LogP contribution in [0.2, 0.25) is 0 Å². The normalized spacial score (nSPS) is 15.5. The number of carbonyl (C=O) groups is 2. The summed E-state index contributed by atoms with van der Waals surface area (Å²) in [5.41, 5.74) is 0.755. The van der Waals surface area contributed by atoms with E-state index in [4.69, 9.17) is 9.47 Å². The SMILES string of the molecule is CCOC(=O)/C=C/C=C(/C1=CCN(C(=O)OC(C)(C)C)CC1)c1ccc(C(F)(F)F)cc1. The van der Waals surface area contributed by atoms with E-state index in [2.05, 4.69) is 0 Å². The van der Waals surface area contributed by atoms with E-state index in [0.717, 1.165) is 17.7 Å². The Kier molecular flexibility index (Phi) is 8.30. The largest absolute Gasteiger partial charge is 0.463 e. The third-order valence-electron chi connectivity index (χ3n) is 4.51. The van der Waals surface area contributed by atoms with Gasteiger partial charge in [-0.05, 0) is 63.0 Å². The quantitative estimate of drug-likeness (QED) is 0.324. The van der Waals surface area contributed by atoms with E-state index in [1.807, 2.05) is 6.08 Å². The third-order valence-corrected chi connectivity index (χ3v) is 4.51. The molecule has 0 atom stereocenters. The van der Waals surface area contributed by atoms with Crippen LogP contribution in [-0.2, 0) is 20.4 Å². The number of halogens is 3. The first-order chi connectivity index (χ1) is 14.9. The second-order valence-electron chi connectivity index (χ2n) is 8.17. The fourth-order valence-electron chi connectivity index (χ4n) is 3.05. The molecule has 1 aliphatic heterocycles. The van der Waals surface area contributed by atoms with Gasteiger partial charge in [0.1, 0.15) is 5.60 Å². The summed E-state index contributed by atoms with van der Waals surface area (Å²) in [5.74, 6) is -0.510. The van der Waals surface area contributed by atoms with Gasteiger partial charge in [0.05, 0.1) is 12.2 Å². The zero-order valence-electron chi connectivity index (χ0n) is 18.7. The van der Waals surface area contributed by atoms with Crippen molar-refractivity contribution in [3.8, 4) is 0 Å². The highest BCUT2D eigenvalue weighted by Crippen LogP contribution is 2.33. The number of allylic oxidation sites excluding steroid dienone is 3. The first-order valence-electron chi connectivity index (χ1n) is 10.3. The lowest BCUT2D eigenvalue weighted by Crippen LogP contribution is -2.39. The van der Waals surface area contributed by atoms with Crippen LogP contribution in [0.15, 0.2) is 54.1 Å². The number of carbonyl (C=O) groups excluding carboxylic acids is 2. The van der Waals surface area contributed by atoms with E-state index in [1.165, 1.54) is 24.3 Å². The van der Waals surface area contributed by atoms with Crippen LogP contribution in [0.25, 0.3) is 5.57 Å². The molecule has 8 heteroatoms. The number of amides is 1. The molecule has 0 radical (unpaired) electrons. The second kappa shape index (κ2) is 10.5. The smallest absolute Gasteiger partial charge is 0.416 e. The molecule has 5 nitrogen and oxygen atoms in total. The Balaban J connectivity index is 2.29. The highest BCUT2D eigenvalue weighted by atomic mass is 19.4. The summed E-state index contributed by atoms with van der Waals surface area (Å²) in [7, 11) is 0.